The highest BCUT2D eigenvalue weighted by Gasteiger charge is 2.24. The predicted molar refractivity (Wildman–Crippen MR) is 64.5 cm³/mol. The fourth-order valence-electron chi connectivity index (χ4n) is 2.82. The molecule has 86 valence electrons. The van der Waals surface area contributed by atoms with Crippen LogP contribution in [0.5, 0.6) is 5.75 Å². The van der Waals surface area contributed by atoms with Gasteiger partial charge in [-0.25, -0.2) is 0 Å². The van der Waals surface area contributed by atoms with Crippen LogP contribution in [0.15, 0.2) is 18.2 Å². The summed E-state index contributed by atoms with van der Waals surface area (Å²) in [4.78, 5) is 0. The van der Waals surface area contributed by atoms with Gasteiger partial charge < -0.3 is 10.4 Å². The standard InChI is InChI=1S/C14H19NO/c16-12-5-6-13-11(8-12)4-7-14(13)15-9-10-2-1-3-10/h5-6,8,10,14-16H,1-4,7,9H2. The van der Waals surface area contributed by atoms with Gasteiger partial charge in [0.05, 0.1) is 0 Å². The molecule has 2 heteroatoms. The summed E-state index contributed by atoms with van der Waals surface area (Å²) in [6.07, 6.45) is 6.52. The van der Waals surface area contributed by atoms with Crippen LogP contribution in [0, 0.1) is 5.92 Å². The molecule has 1 unspecified atom stereocenters. The summed E-state index contributed by atoms with van der Waals surface area (Å²) in [7, 11) is 0. The first-order chi connectivity index (χ1) is 7.83. The Morgan fingerprint density at radius 1 is 1.25 bits per heavy atom. The molecular weight excluding hydrogens is 198 g/mol. The molecule has 0 heterocycles. The summed E-state index contributed by atoms with van der Waals surface area (Å²) >= 11 is 0. The molecule has 0 saturated heterocycles. The molecular formula is C14H19NO. The number of phenolic OH excluding ortho intramolecular Hbond substituents is 1. The van der Waals surface area contributed by atoms with Gasteiger partial charge in [-0.15, -0.1) is 0 Å². The summed E-state index contributed by atoms with van der Waals surface area (Å²) in [5.74, 6) is 1.32. The van der Waals surface area contributed by atoms with Crippen LogP contribution in [-0.2, 0) is 6.42 Å². The molecule has 3 rings (SSSR count). The van der Waals surface area contributed by atoms with Gasteiger partial charge in [-0.3, -0.25) is 0 Å². The van der Waals surface area contributed by atoms with E-state index in [2.05, 4.69) is 11.4 Å². The number of benzene rings is 1. The van der Waals surface area contributed by atoms with Crippen molar-refractivity contribution in [2.75, 3.05) is 6.54 Å². The van der Waals surface area contributed by atoms with Gasteiger partial charge in [0.1, 0.15) is 5.75 Å². The molecule has 0 aromatic heterocycles. The zero-order chi connectivity index (χ0) is 11.0. The van der Waals surface area contributed by atoms with Crippen molar-refractivity contribution in [3.05, 3.63) is 29.3 Å². The van der Waals surface area contributed by atoms with Crippen LogP contribution in [0.25, 0.3) is 0 Å². The molecule has 0 bridgehead atoms. The molecule has 0 spiro atoms. The summed E-state index contributed by atoms with van der Waals surface area (Å²) in [5, 5.41) is 13.1. The van der Waals surface area contributed by atoms with Gasteiger partial charge in [-0.1, -0.05) is 12.5 Å². The highest BCUT2D eigenvalue weighted by Crippen LogP contribution is 2.34. The lowest BCUT2D eigenvalue weighted by atomic mass is 9.85. The summed E-state index contributed by atoms with van der Waals surface area (Å²) in [6, 6.07) is 6.33. The van der Waals surface area contributed by atoms with Gasteiger partial charge in [-0.05, 0) is 61.4 Å². The lowest BCUT2D eigenvalue weighted by Crippen LogP contribution is -2.29. The van der Waals surface area contributed by atoms with Gasteiger partial charge in [0, 0.05) is 6.04 Å². The van der Waals surface area contributed by atoms with E-state index in [9.17, 15) is 5.11 Å². The molecule has 2 nitrogen and oxygen atoms in total. The maximum absolute atomic E-state index is 9.43. The Balaban J connectivity index is 1.66. The number of hydrogen-bond acceptors (Lipinski definition) is 2. The number of fused-ring (bicyclic) bond motifs is 1. The van der Waals surface area contributed by atoms with E-state index < -0.39 is 0 Å². The molecule has 1 aromatic rings. The van der Waals surface area contributed by atoms with Crippen LogP contribution >= 0.6 is 0 Å². The highest BCUT2D eigenvalue weighted by atomic mass is 16.3. The fourth-order valence-corrected chi connectivity index (χ4v) is 2.82. The molecule has 2 aliphatic rings. The quantitative estimate of drug-likeness (QED) is 0.816. The van der Waals surface area contributed by atoms with Crippen molar-refractivity contribution < 1.29 is 5.11 Å². The van der Waals surface area contributed by atoms with Gasteiger partial charge in [-0.2, -0.15) is 0 Å². The molecule has 1 atom stereocenters. The van der Waals surface area contributed by atoms with Crippen molar-refractivity contribution >= 4 is 0 Å². The summed E-state index contributed by atoms with van der Waals surface area (Å²) < 4.78 is 0. The predicted octanol–water partition coefficient (Wildman–Crippen LogP) is 2.77. The maximum atomic E-state index is 9.43. The maximum Gasteiger partial charge on any atom is 0.115 e. The van der Waals surface area contributed by atoms with E-state index >= 15 is 0 Å². The third-order valence-electron chi connectivity index (χ3n) is 4.08. The average molecular weight is 217 g/mol. The summed E-state index contributed by atoms with van der Waals surface area (Å²) in [6.45, 7) is 1.17. The molecule has 1 aromatic carbocycles. The number of rotatable bonds is 3. The number of aromatic hydroxyl groups is 1. The van der Waals surface area contributed by atoms with E-state index in [0.29, 0.717) is 11.8 Å². The van der Waals surface area contributed by atoms with Crippen molar-refractivity contribution in [1.29, 1.82) is 0 Å². The molecule has 1 fully saturated rings. The van der Waals surface area contributed by atoms with Gasteiger partial charge >= 0.3 is 0 Å². The second-order valence-electron chi connectivity index (χ2n) is 5.18. The molecule has 0 aliphatic heterocycles. The topological polar surface area (TPSA) is 32.3 Å². The minimum absolute atomic E-state index is 0.401. The molecule has 0 amide bonds. The van der Waals surface area contributed by atoms with Crippen LogP contribution in [0.1, 0.15) is 42.9 Å². The zero-order valence-corrected chi connectivity index (χ0v) is 9.58. The molecule has 1 saturated carbocycles. The van der Waals surface area contributed by atoms with Crippen LogP contribution < -0.4 is 5.32 Å². The van der Waals surface area contributed by atoms with Crippen molar-refractivity contribution in [2.45, 2.75) is 38.1 Å². The Kier molecular flexibility index (Phi) is 2.60. The normalized spacial score (nSPS) is 24.1. The Morgan fingerprint density at radius 2 is 2.12 bits per heavy atom. The SMILES string of the molecule is Oc1ccc2c(c1)CCC2NCC1CCC1. The third kappa shape index (κ3) is 1.82. The summed E-state index contributed by atoms with van der Waals surface area (Å²) in [5.41, 5.74) is 2.73. The fraction of sp³-hybridized carbons (Fsp3) is 0.571. The van der Waals surface area contributed by atoms with Crippen LogP contribution in [0.4, 0.5) is 0 Å². The third-order valence-corrected chi connectivity index (χ3v) is 4.08. The van der Waals surface area contributed by atoms with Crippen molar-refractivity contribution in [3.8, 4) is 5.75 Å². The Labute approximate surface area is 96.7 Å². The second-order valence-corrected chi connectivity index (χ2v) is 5.18. The van der Waals surface area contributed by atoms with E-state index in [0.717, 1.165) is 12.3 Å². The molecule has 0 radical (unpaired) electrons. The van der Waals surface area contributed by atoms with Crippen LogP contribution in [0.2, 0.25) is 0 Å². The smallest absolute Gasteiger partial charge is 0.115 e. The van der Waals surface area contributed by atoms with Gasteiger partial charge in [0.15, 0.2) is 0 Å². The van der Waals surface area contributed by atoms with Crippen LogP contribution in [0.3, 0.4) is 0 Å². The van der Waals surface area contributed by atoms with E-state index in [1.807, 2.05) is 12.1 Å². The number of aryl methyl sites for hydroxylation is 1. The number of hydrogen-bond donors (Lipinski definition) is 2. The lowest BCUT2D eigenvalue weighted by molar-refractivity contribution is 0.289. The van der Waals surface area contributed by atoms with Crippen molar-refractivity contribution in [1.82, 2.24) is 5.32 Å². The average Bonchev–Trinajstić information content (AvgIpc) is 2.58. The minimum atomic E-state index is 0.401. The van der Waals surface area contributed by atoms with Gasteiger partial charge in [0.2, 0.25) is 0 Å². The number of phenols is 1. The monoisotopic (exact) mass is 217 g/mol. The van der Waals surface area contributed by atoms with E-state index in [4.69, 9.17) is 0 Å². The zero-order valence-electron chi connectivity index (χ0n) is 9.58. The lowest BCUT2D eigenvalue weighted by Gasteiger charge is -2.27. The van der Waals surface area contributed by atoms with Gasteiger partial charge in [0.25, 0.3) is 0 Å². The van der Waals surface area contributed by atoms with Crippen molar-refractivity contribution in [3.63, 3.8) is 0 Å². The first kappa shape index (κ1) is 10.2. The first-order valence-corrected chi connectivity index (χ1v) is 6.38. The highest BCUT2D eigenvalue weighted by molar-refractivity contribution is 5.39. The van der Waals surface area contributed by atoms with E-state index in [1.54, 1.807) is 0 Å². The largest absolute Gasteiger partial charge is 0.508 e. The van der Waals surface area contributed by atoms with Crippen molar-refractivity contribution in [2.24, 2.45) is 5.92 Å². The Bertz CT molecular complexity index is 384. The second kappa shape index (κ2) is 4.10. The number of nitrogens with one attached hydrogen (secondary N) is 1. The minimum Gasteiger partial charge on any atom is -0.508 e. The van der Waals surface area contributed by atoms with Crippen LogP contribution in [-0.4, -0.2) is 11.7 Å². The van der Waals surface area contributed by atoms with E-state index in [-0.39, 0.29) is 0 Å². The molecule has 2 aliphatic carbocycles. The molecule has 16 heavy (non-hydrogen) atoms. The molecule has 2 N–H and O–H groups in total. The first-order valence-electron chi connectivity index (χ1n) is 6.38. The Hall–Kier alpha value is -1.02. The van der Waals surface area contributed by atoms with E-state index in [1.165, 1.54) is 43.4 Å². The Morgan fingerprint density at radius 3 is 2.88 bits per heavy atom.